The second-order valence-electron chi connectivity index (χ2n) is 9.97. The minimum Gasteiger partial charge on any atom is -0.496 e. The number of likely N-dealkylation sites (N-methyl/N-ethyl adjacent to an activating group) is 1. The largest absolute Gasteiger partial charge is 0.496 e. The Morgan fingerprint density at radius 3 is 2.47 bits per heavy atom. The molecule has 0 radical (unpaired) electrons. The van der Waals surface area contributed by atoms with Crippen LogP contribution in [-0.4, -0.2) is 87.5 Å². The number of likely N-dealkylation sites (tertiary alicyclic amines) is 1. The van der Waals surface area contributed by atoms with Crippen LogP contribution in [0.3, 0.4) is 0 Å². The van der Waals surface area contributed by atoms with Crippen LogP contribution in [-0.2, 0) is 21.2 Å². The Morgan fingerprint density at radius 2 is 1.86 bits per heavy atom. The number of nitrogens with zero attached hydrogens (tertiary/aromatic N) is 3. The molecule has 1 aliphatic carbocycles. The van der Waals surface area contributed by atoms with Crippen molar-refractivity contribution in [1.82, 2.24) is 14.1 Å². The van der Waals surface area contributed by atoms with Gasteiger partial charge in [-0.25, -0.2) is 12.7 Å². The Morgan fingerprint density at radius 1 is 1.14 bits per heavy atom. The molecule has 4 rings (SSSR count). The highest BCUT2D eigenvalue weighted by molar-refractivity contribution is 7.89. The molecule has 9 heteroatoms. The van der Waals surface area contributed by atoms with Gasteiger partial charge >= 0.3 is 0 Å². The van der Waals surface area contributed by atoms with Gasteiger partial charge in [0.25, 0.3) is 0 Å². The molecular weight excluding hydrogens is 478 g/mol. The van der Waals surface area contributed by atoms with Gasteiger partial charge in [-0.15, -0.1) is 0 Å². The van der Waals surface area contributed by atoms with E-state index in [4.69, 9.17) is 4.74 Å². The van der Waals surface area contributed by atoms with E-state index in [0.717, 1.165) is 30.5 Å². The van der Waals surface area contributed by atoms with Crippen LogP contribution in [0.4, 0.5) is 0 Å². The van der Waals surface area contributed by atoms with Gasteiger partial charge in [0.05, 0.1) is 30.1 Å². The maximum Gasteiger partial charge on any atom is 0.242 e. The third-order valence-corrected chi connectivity index (χ3v) is 9.37. The van der Waals surface area contributed by atoms with E-state index in [2.05, 4.69) is 4.90 Å². The first-order valence-electron chi connectivity index (χ1n) is 12.5. The molecule has 1 amide bonds. The first kappa shape index (κ1) is 26.6. The van der Waals surface area contributed by atoms with E-state index in [1.165, 1.54) is 18.4 Å². The van der Waals surface area contributed by atoms with Gasteiger partial charge in [0, 0.05) is 40.8 Å². The number of hydrogen-bond donors (Lipinski definition) is 1. The average Bonchev–Trinajstić information content (AvgIpc) is 3.30. The number of sulfonamides is 1. The number of benzene rings is 2. The zero-order chi connectivity index (χ0) is 26.0. The molecule has 1 N–H and O–H groups in total. The molecule has 2 aromatic carbocycles. The lowest BCUT2D eigenvalue weighted by Gasteiger charge is -2.36. The van der Waals surface area contributed by atoms with Crippen LogP contribution >= 0.6 is 0 Å². The zero-order valence-electron chi connectivity index (χ0n) is 21.6. The summed E-state index contributed by atoms with van der Waals surface area (Å²) in [7, 11) is 2.63. The van der Waals surface area contributed by atoms with E-state index in [9.17, 15) is 18.3 Å². The van der Waals surface area contributed by atoms with Crippen molar-refractivity contribution in [3.63, 3.8) is 0 Å². The minimum absolute atomic E-state index is 0.104. The first-order chi connectivity index (χ1) is 17.1. The predicted octanol–water partition coefficient (Wildman–Crippen LogP) is 2.63. The summed E-state index contributed by atoms with van der Waals surface area (Å²) in [6, 6.07) is 12.9. The van der Waals surface area contributed by atoms with Gasteiger partial charge in [0.2, 0.25) is 15.9 Å². The van der Waals surface area contributed by atoms with Gasteiger partial charge < -0.3 is 14.7 Å². The van der Waals surface area contributed by atoms with E-state index in [-0.39, 0.29) is 22.9 Å². The van der Waals surface area contributed by atoms with Crippen molar-refractivity contribution in [2.24, 2.45) is 0 Å². The summed E-state index contributed by atoms with van der Waals surface area (Å²) in [4.78, 5) is 18.3. The summed E-state index contributed by atoms with van der Waals surface area (Å²) >= 11 is 0. The van der Waals surface area contributed by atoms with Crippen LogP contribution in [0.5, 0.6) is 5.75 Å². The number of aliphatic hydroxyl groups excluding tert-OH is 1. The molecule has 2 aliphatic rings. The number of hydrogen-bond acceptors (Lipinski definition) is 6. The smallest absolute Gasteiger partial charge is 0.242 e. The highest BCUT2D eigenvalue weighted by Gasteiger charge is 2.38. The van der Waals surface area contributed by atoms with E-state index >= 15 is 0 Å². The molecule has 0 spiro atoms. The molecule has 36 heavy (non-hydrogen) atoms. The Labute approximate surface area is 214 Å². The lowest BCUT2D eigenvalue weighted by Crippen LogP contribution is -2.42. The van der Waals surface area contributed by atoms with E-state index in [1.54, 1.807) is 31.2 Å². The molecule has 3 atom stereocenters. The van der Waals surface area contributed by atoms with Gasteiger partial charge in [0.1, 0.15) is 5.75 Å². The highest BCUT2D eigenvalue weighted by atomic mass is 32.2. The number of carbonyl (C=O) groups excluding carboxylic acids is 1. The van der Waals surface area contributed by atoms with Crippen LogP contribution in [0.1, 0.15) is 47.9 Å². The molecule has 1 heterocycles. The van der Waals surface area contributed by atoms with Crippen LogP contribution in [0.25, 0.3) is 0 Å². The summed E-state index contributed by atoms with van der Waals surface area (Å²) in [6.45, 7) is 1.96. The summed E-state index contributed by atoms with van der Waals surface area (Å²) < 4.78 is 33.4. The third-order valence-electron chi connectivity index (χ3n) is 7.50. The predicted molar refractivity (Wildman–Crippen MR) is 139 cm³/mol. The molecule has 8 nitrogen and oxygen atoms in total. The number of rotatable bonds is 8. The van der Waals surface area contributed by atoms with Crippen LogP contribution in [0.15, 0.2) is 47.4 Å². The van der Waals surface area contributed by atoms with Gasteiger partial charge in [-0.1, -0.05) is 30.3 Å². The molecule has 1 saturated heterocycles. The van der Waals surface area contributed by atoms with E-state index in [1.807, 2.05) is 30.3 Å². The van der Waals surface area contributed by atoms with Crippen LogP contribution in [0, 0.1) is 0 Å². The summed E-state index contributed by atoms with van der Waals surface area (Å²) in [5.74, 6) is -0.0736. The van der Waals surface area contributed by atoms with E-state index < -0.39 is 15.9 Å². The second-order valence-corrected chi connectivity index (χ2v) is 12.1. The standard InChI is InChI=1S/C27H37N3O5S/c1-28(2)36(33,34)25-14-13-24(35-4)21-11-8-12-22(26(21)25)27(32)29(3)23(19-9-6-5-7-10-19)18-30-16-15-20(31)17-30/h5-7,9-10,13-14,20,22-23,31H,8,11-12,15-18H2,1-4H3/t20-,22?,23+/m0/s1. The fraction of sp³-hybridized carbons (Fsp3) is 0.519. The zero-order valence-corrected chi connectivity index (χ0v) is 22.4. The Balaban J connectivity index is 1.74. The van der Waals surface area contributed by atoms with E-state index in [0.29, 0.717) is 37.2 Å². The Hall–Kier alpha value is -2.46. The fourth-order valence-corrected chi connectivity index (χ4v) is 6.68. The molecule has 0 bridgehead atoms. The quantitative estimate of drug-likeness (QED) is 0.581. The Bertz CT molecular complexity index is 1190. The van der Waals surface area contributed by atoms with Gasteiger partial charge in [-0.05, 0) is 54.5 Å². The molecule has 0 aromatic heterocycles. The van der Waals surface area contributed by atoms with Crippen LogP contribution in [0.2, 0.25) is 0 Å². The normalized spacial score (nSPS) is 21.3. The number of ether oxygens (including phenoxy) is 1. The minimum atomic E-state index is -3.76. The summed E-state index contributed by atoms with van der Waals surface area (Å²) in [6.07, 6.45) is 2.38. The molecule has 196 valence electrons. The number of methoxy groups -OCH3 is 1. The highest BCUT2D eigenvalue weighted by Crippen LogP contribution is 2.43. The SMILES string of the molecule is COc1ccc(S(=O)(=O)N(C)C)c2c1CCCC2C(=O)N(C)[C@H](CN1CC[C@H](O)C1)c1ccccc1. The van der Waals surface area contributed by atoms with Crippen molar-refractivity contribution >= 4 is 15.9 Å². The maximum absolute atomic E-state index is 14.2. The van der Waals surface area contributed by atoms with Gasteiger partial charge in [0.15, 0.2) is 0 Å². The number of β-amino-alcohol motifs (C(OH)–C–C–N with tert-alkyl or cyclic N) is 1. The van der Waals surface area contributed by atoms with Crippen molar-refractivity contribution in [3.05, 3.63) is 59.2 Å². The monoisotopic (exact) mass is 515 g/mol. The van der Waals surface area contributed by atoms with Crippen molar-refractivity contribution in [2.45, 2.75) is 48.6 Å². The lowest BCUT2D eigenvalue weighted by atomic mass is 9.81. The number of carbonyl (C=O) groups is 1. The lowest BCUT2D eigenvalue weighted by molar-refractivity contribution is -0.134. The molecule has 2 aromatic rings. The third kappa shape index (κ3) is 5.16. The molecule has 1 aliphatic heterocycles. The van der Waals surface area contributed by atoms with Crippen molar-refractivity contribution in [1.29, 1.82) is 0 Å². The van der Waals surface area contributed by atoms with Gasteiger partial charge in [-0.3, -0.25) is 9.69 Å². The molecular formula is C27H37N3O5S. The number of fused-ring (bicyclic) bond motifs is 1. The maximum atomic E-state index is 14.2. The topological polar surface area (TPSA) is 90.4 Å². The number of aliphatic hydroxyl groups is 1. The van der Waals surface area contributed by atoms with Crippen molar-refractivity contribution in [3.8, 4) is 5.75 Å². The number of amides is 1. The van der Waals surface area contributed by atoms with Crippen LogP contribution < -0.4 is 4.74 Å². The molecule has 1 unspecified atom stereocenters. The van der Waals surface area contributed by atoms with Crippen molar-refractivity contribution < 1.29 is 23.1 Å². The second kappa shape index (κ2) is 10.9. The van der Waals surface area contributed by atoms with Crippen molar-refractivity contribution in [2.75, 3.05) is 47.9 Å². The first-order valence-corrected chi connectivity index (χ1v) is 13.9. The molecule has 0 saturated carbocycles. The Kier molecular flexibility index (Phi) is 8.04. The average molecular weight is 516 g/mol. The fourth-order valence-electron chi connectivity index (χ4n) is 5.50. The summed E-state index contributed by atoms with van der Waals surface area (Å²) in [5, 5.41) is 10.0. The summed E-state index contributed by atoms with van der Waals surface area (Å²) in [5.41, 5.74) is 2.38. The van der Waals surface area contributed by atoms with Gasteiger partial charge in [-0.2, -0.15) is 0 Å². The molecule has 1 fully saturated rings.